The van der Waals surface area contributed by atoms with Crippen LogP contribution in [0.25, 0.3) is 10.8 Å². The Morgan fingerprint density at radius 3 is 2.64 bits per heavy atom. The van der Waals surface area contributed by atoms with Crippen LogP contribution >= 0.6 is 0 Å². The van der Waals surface area contributed by atoms with Gasteiger partial charge in [0.1, 0.15) is 6.04 Å². The first kappa shape index (κ1) is 17.0. The van der Waals surface area contributed by atoms with Crippen molar-refractivity contribution >= 4 is 34.1 Å². The number of urea groups is 1. The maximum absolute atomic E-state index is 12.3. The number of rotatable bonds is 4. The van der Waals surface area contributed by atoms with Gasteiger partial charge in [0.15, 0.2) is 0 Å². The number of nitrogens with two attached hydrogens (primary N) is 1. The molecule has 0 spiro atoms. The van der Waals surface area contributed by atoms with E-state index in [9.17, 15) is 9.59 Å². The van der Waals surface area contributed by atoms with Gasteiger partial charge in [0.2, 0.25) is 5.91 Å². The molecule has 1 saturated heterocycles. The quantitative estimate of drug-likeness (QED) is 0.794. The third-order valence-corrected chi connectivity index (χ3v) is 4.50. The fourth-order valence-corrected chi connectivity index (χ4v) is 3.21. The van der Waals surface area contributed by atoms with E-state index in [1.807, 2.05) is 18.2 Å². The molecule has 1 aromatic heterocycles. The Morgan fingerprint density at radius 2 is 1.92 bits per heavy atom. The first-order valence-corrected chi connectivity index (χ1v) is 8.55. The zero-order valence-electron chi connectivity index (χ0n) is 14.3. The minimum absolute atomic E-state index is 0.324. The highest BCUT2D eigenvalue weighted by molar-refractivity contribution is 6.07. The summed E-state index contributed by atoms with van der Waals surface area (Å²) in [5.41, 5.74) is 6.91. The number of aromatic nitrogens is 1. The molecule has 3 rings (SSSR count). The number of fused-ring (bicyclic) bond motifs is 1. The Morgan fingerprint density at radius 1 is 1.16 bits per heavy atom. The van der Waals surface area contributed by atoms with Gasteiger partial charge in [0, 0.05) is 41.9 Å². The van der Waals surface area contributed by atoms with Crippen LogP contribution < -0.4 is 21.3 Å². The highest BCUT2D eigenvalue weighted by Crippen LogP contribution is 2.33. The lowest BCUT2D eigenvalue weighted by Gasteiger charge is -2.30. The molecule has 1 atom stereocenters. The fraction of sp³-hybridized carbons (Fsp3) is 0.389. The SMILES string of the molecule is C[C@@H](NC(N)=O)C(=O)Nc1ccc(N2CCCCC2)c2ccncc12. The van der Waals surface area contributed by atoms with E-state index in [4.69, 9.17) is 5.73 Å². The van der Waals surface area contributed by atoms with Crippen LogP contribution in [0.5, 0.6) is 0 Å². The van der Waals surface area contributed by atoms with Crippen LogP contribution in [0.4, 0.5) is 16.2 Å². The van der Waals surface area contributed by atoms with Crippen LogP contribution in [0.3, 0.4) is 0 Å². The Hall–Kier alpha value is -2.83. The van der Waals surface area contributed by atoms with Crippen LogP contribution in [0.1, 0.15) is 26.2 Å². The zero-order valence-corrected chi connectivity index (χ0v) is 14.3. The number of carbonyl (C=O) groups excluding carboxylic acids is 2. The van der Waals surface area contributed by atoms with Crippen molar-refractivity contribution in [3.05, 3.63) is 30.6 Å². The molecule has 1 aliphatic heterocycles. The molecule has 132 valence electrons. The molecule has 0 bridgehead atoms. The first-order valence-electron chi connectivity index (χ1n) is 8.55. The number of benzene rings is 1. The molecule has 4 N–H and O–H groups in total. The molecular weight excluding hydrogens is 318 g/mol. The van der Waals surface area contributed by atoms with Gasteiger partial charge in [0.25, 0.3) is 0 Å². The number of nitrogens with one attached hydrogen (secondary N) is 2. The van der Waals surface area contributed by atoms with Crippen molar-refractivity contribution < 1.29 is 9.59 Å². The van der Waals surface area contributed by atoms with Gasteiger partial charge in [-0.2, -0.15) is 0 Å². The maximum Gasteiger partial charge on any atom is 0.312 e. The van der Waals surface area contributed by atoms with Gasteiger partial charge in [-0.15, -0.1) is 0 Å². The molecule has 0 radical (unpaired) electrons. The average Bonchev–Trinajstić information content (AvgIpc) is 2.62. The number of anilines is 2. The maximum atomic E-state index is 12.3. The number of pyridine rings is 1. The molecule has 0 saturated carbocycles. The van der Waals surface area contributed by atoms with Crippen molar-refractivity contribution in [3.63, 3.8) is 0 Å². The topological polar surface area (TPSA) is 100 Å². The molecule has 0 unspecified atom stereocenters. The minimum atomic E-state index is -0.727. The van der Waals surface area contributed by atoms with E-state index in [1.54, 1.807) is 19.3 Å². The van der Waals surface area contributed by atoms with E-state index in [0.717, 1.165) is 23.9 Å². The van der Waals surface area contributed by atoms with Gasteiger partial charge in [-0.3, -0.25) is 9.78 Å². The third-order valence-electron chi connectivity index (χ3n) is 4.50. The van der Waals surface area contributed by atoms with Crippen molar-refractivity contribution in [2.24, 2.45) is 5.73 Å². The molecule has 7 heteroatoms. The van der Waals surface area contributed by atoms with E-state index >= 15 is 0 Å². The summed E-state index contributed by atoms with van der Waals surface area (Å²) in [6.07, 6.45) is 7.18. The van der Waals surface area contributed by atoms with Crippen LogP contribution in [0.15, 0.2) is 30.6 Å². The fourth-order valence-electron chi connectivity index (χ4n) is 3.21. The van der Waals surface area contributed by atoms with Crippen molar-refractivity contribution in [1.29, 1.82) is 0 Å². The van der Waals surface area contributed by atoms with Crippen molar-refractivity contribution in [2.45, 2.75) is 32.2 Å². The van der Waals surface area contributed by atoms with E-state index < -0.39 is 12.1 Å². The van der Waals surface area contributed by atoms with Gasteiger partial charge in [-0.25, -0.2) is 4.79 Å². The zero-order chi connectivity index (χ0) is 17.8. The van der Waals surface area contributed by atoms with E-state index in [1.165, 1.54) is 24.9 Å². The van der Waals surface area contributed by atoms with Crippen LogP contribution in [-0.4, -0.2) is 36.1 Å². The highest BCUT2D eigenvalue weighted by Gasteiger charge is 2.18. The second-order valence-electron chi connectivity index (χ2n) is 6.32. The lowest BCUT2D eigenvalue weighted by Crippen LogP contribution is -2.44. The lowest BCUT2D eigenvalue weighted by molar-refractivity contribution is -0.117. The normalized spacial score (nSPS) is 15.6. The molecule has 0 aliphatic carbocycles. The predicted molar refractivity (Wildman–Crippen MR) is 98.6 cm³/mol. The number of carbonyl (C=O) groups is 2. The van der Waals surface area contributed by atoms with E-state index in [0.29, 0.717) is 5.69 Å². The summed E-state index contributed by atoms with van der Waals surface area (Å²) in [7, 11) is 0. The Kier molecular flexibility index (Phi) is 5.02. The number of hydrogen-bond donors (Lipinski definition) is 3. The molecule has 3 amide bonds. The van der Waals surface area contributed by atoms with Gasteiger partial charge in [-0.1, -0.05) is 0 Å². The van der Waals surface area contributed by atoms with Gasteiger partial charge < -0.3 is 21.3 Å². The molecule has 1 aromatic carbocycles. The van der Waals surface area contributed by atoms with Crippen molar-refractivity contribution in [2.75, 3.05) is 23.3 Å². The third kappa shape index (κ3) is 3.81. The number of primary amides is 1. The average molecular weight is 341 g/mol. The molecule has 2 aromatic rings. The summed E-state index contributed by atoms with van der Waals surface area (Å²) in [6, 6.07) is 4.46. The highest BCUT2D eigenvalue weighted by atomic mass is 16.2. The Labute approximate surface area is 146 Å². The smallest absolute Gasteiger partial charge is 0.312 e. The van der Waals surface area contributed by atoms with Crippen LogP contribution in [0.2, 0.25) is 0 Å². The molecule has 1 fully saturated rings. The lowest BCUT2D eigenvalue weighted by atomic mass is 10.0. The van der Waals surface area contributed by atoms with Gasteiger partial charge >= 0.3 is 6.03 Å². The number of piperidine rings is 1. The Balaban J connectivity index is 1.90. The largest absolute Gasteiger partial charge is 0.371 e. The van der Waals surface area contributed by atoms with Crippen LogP contribution in [-0.2, 0) is 4.79 Å². The summed E-state index contributed by atoms with van der Waals surface area (Å²) in [5, 5.41) is 7.17. The van der Waals surface area contributed by atoms with Crippen molar-refractivity contribution in [3.8, 4) is 0 Å². The predicted octanol–water partition coefficient (Wildman–Crippen LogP) is 2.22. The van der Waals surface area contributed by atoms with Crippen LogP contribution in [0, 0.1) is 0 Å². The Bertz CT molecular complexity index is 786. The molecular formula is C18H23N5O2. The summed E-state index contributed by atoms with van der Waals surface area (Å²) < 4.78 is 0. The standard InChI is InChI=1S/C18H23N5O2/c1-12(21-18(19)25)17(24)22-15-5-6-16(23-9-3-2-4-10-23)13-7-8-20-11-14(13)15/h5-8,11-12H,2-4,9-10H2,1H3,(H,22,24)(H3,19,21,25)/t12-/m1/s1. The van der Waals surface area contributed by atoms with Crippen molar-refractivity contribution in [1.82, 2.24) is 10.3 Å². The second-order valence-corrected chi connectivity index (χ2v) is 6.32. The second kappa shape index (κ2) is 7.38. The molecule has 7 nitrogen and oxygen atoms in total. The van der Waals surface area contributed by atoms with E-state index in [-0.39, 0.29) is 5.91 Å². The summed E-state index contributed by atoms with van der Waals surface area (Å²) >= 11 is 0. The summed E-state index contributed by atoms with van der Waals surface area (Å²) in [6.45, 7) is 3.67. The number of nitrogens with zero attached hydrogens (tertiary/aromatic N) is 2. The minimum Gasteiger partial charge on any atom is -0.371 e. The molecule has 1 aliphatic rings. The van der Waals surface area contributed by atoms with E-state index in [2.05, 4.69) is 20.5 Å². The van der Waals surface area contributed by atoms with Gasteiger partial charge in [-0.05, 0) is 44.4 Å². The monoisotopic (exact) mass is 341 g/mol. The summed E-state index contributed by atoms with van der Waals surface area (Å²) in [4.78, 5) is 29.8. The number of amides is 3. The first-order chi connectivity index (χ1) is 12.1. The molecule has 25 heavy (non-hydrogen) atoms. The number of hydrogen-bond acceptors (Lipinski definition) is 4. The van der Waals surface area contributed by atoms with Gasteiger partial charge in [0.05, 0.1) is 5.69 Å². The summed E-state index contributed by atoms with van der Waals surface area (Å²) in [5.74, 6) is -0.324. The molecule has 2 heterocycles.